The molecule has 1 aromatic carbocycles. The molecule has 0 amide bonds. The number of halogens is 1. The van der Waals surface area contributed by atoms with Crippen molar-refractivity contribution in [1.82, 2.24) is 0 Å². The summed E-state index contributed by atoms with van der Waals surface area (Å²) in [5.41, 5.74) is 2.38. The smallest absolute Gasteiger partial charge is 0.0474 e. The van der Waals surface area contributed by atoms with Gasteiger partial charge in [0, 0.05) is 18.1 Å². The molecule has 0 aromatic heterocycles. The van der Waals surface area contributed by atoms with Crippen molar-refractivity contribution < 1.29 is 0 Å². The van der Waals surface area contributed by atoms with Crippen LogP contribution >= 0.6 is 11.6 Å². The highest BCUT2D eigenvalue weighted by atomic mass is 35.5. The molecule has 0 aliphatic carbocycles. The second-order valence-corrected chi connectivity index (χ2v) is 5.15. The molecule has 0 atom stereocenters. The number of alkyl halides is 1. The largest absolute Gasteiger partial charge is 0.385 e. The Kier molecular flexibility index (Phi) is 8.75. The van der Waals surface area contributed by atoms with Gasteiger partial charge in [-0.05, 0) is 24.1 Å². The molecular formula is C16H26ClN. The van der Waals surface area contributed by atoms with E-state index < -0.39 is 0 Å². The van der Waals surface area contributed by atoms with Crippen molar-refractivity contribution in [3.05, 3.63) is 29.8 Å². The Labute approximate surface area is 117 Å². The van der Waals surface area contributed by atoms with Gasteiger partial charge in [0.15, 0.2) is 0 Å². The van der Waals surface area contributed by atoms with Crippen LogP contribution in [0.15, 0.2) is 24.3 Å². The third-order valence-corrected chi connectivity index (χ3v) is 3.50. The highest BCUT2D eigenvalue weighted by molar-refractivity contribution is 6.17. The Hall–Kier alpha value is -0.690. The molecule has 0 unspecified atom stereocenters. The van der Waals surface area contributed by atoms with Gasteiger partial charge >= 0.3 is 0 Å². The summed E-state index contributed by atoms with van der Waals surface area (Å²) >= 11 is 5.82. The third-order valence-electron chi connectivity index (χ3n) is 3.19. The first-order valence-electron chi connectivity index (χ1n) is 7.25. The fourth-order valence-corrected chi connectivity index (χ4v) is 2.25. The molecule has 1 rings (SSSR count). The predicted molar refractivity (Wildman–Crippen MR) is 82.5 cm³/mol. The average molecular weight is 268 g/mol. The molecule has 0 radical (unpaired) electrons. The maximum absolute atomic E-state index is 5.82. The van der Waals surface area contributed by atoms with Gasteiger partial charge in [-0.15, -0.1) is 11.6 Å². The van der Waals surface area contributed by atoms with Crippen molar-refractivity contribution in [2.45, 2.75) is 57.7 Å². The van der Waals surface area contributed by atoms with Crippen LogP contribution in [0.2, 0.25) is 0 Å². The third kappa shape index (κ3) is 6.90. The summed E-state index contributed by atoms with van der Waals surface area (Å²) < 4.78 is 0. The lowest BCUT2D eigenvalue weighted by Crippen LogP contribution is -2.01. The van der Waals surface area contributed by atoms with E-state index in [9.17, 15) is 0 Å². The van der Waals surface area contributed by atoms with E-state index in [0.29, 0.717) is 5.88 Å². The molecule has 1 aromatic rings. The van der Waals surface area contributed by atoms with Crippen molar-refractivity contribution >= 4 is 17.3 Å². The second-order valence-electron chi connectivity index (χ2n) is 4.88. The number of hydrogen-bond acceptors (Lipinski definition) is 1. The van der Waals surface area contributed by atoms with Crippen LogP contribution in [0, 0.1) is 0 Å². The second kappa shape index (κ2) is 10.3. The molecule has 0 bridgehead atoms. The van der Waals surface area contributed by atoms with Crippen molar-refractivity contribution in [2.24, 2.45) is 0 Å². The zero-order valence-corrected chi connectivity index (χ0v) is 12.3. The van der Waals surface area contributed by atoms with Gasteiger partial charge in [0.25, 0.3) is 0 Å². The van der Waals surface area contributed by atoms with Crippen LogP contribution in [0.4, 0.5) is 5.69 Å². The standard InChI is InChI=1S/C16H26ClN/c1-2-3-4-5-6-7-8-12-18-16-11-9-10-15(13-16)14-17/h9-11,13,18H,2-8,12,14H2,1H3. The molecule has 0 aliphatic heterocycles. The highest BCUT2D eigenvalue weighted by Gasteiger charge is 1.95. The fraction of sp³-hybridized carbons (Fsp3) is 0.625. The number of unbranched alkanes of at least 4 members (excludes halogenated alkanes) is 6. The zero-order chi connectivity index (χ0) is 13.1. The average Bonchev–Trinajstić information content (AvgIpc) is 2.42. The molecule has 1 nitrogen and oxygen atoms in total. The van der Waals surface area contributed by atoms with E-state index >= 15 is 0 Å². The molecule has 0 heterocycles. The number of nitrogens with one attached hydrogen (secondary N) is 1. The Morgan fingerprint density at radius 2 is 1.72 bits per heavy atom. The number of anilines is 1. The van der Waals surface area contributed by atoms with Gasteiger partial charge in [-0.3, -0.25) is 0 Å². The minimum atomic E-state index is 0.590. The van der Waals surface area contributed by atoms with E-state index in [0.717, 1.165) is 6.54 Å². The molecule has 0 aliphatic rings. The molecule has 0 saturated heterocycles. The summed E-state index contributed by atoms with van der Waals surface area (Å²) in [6.07, 6.45) is 9.51. The van der Waals surface area contributed by atoms with E-state index in [2.05, 4.69) is 36.5 Å². The molecular weight excluding hydrogens is 242 g/mol. The van der Waals surface area contributed by atoms with Gasteiger partial charge in [-0.2, -0.15) is 0 Å². The van der Waals surface area contributed by atoms with Crippen LogP contribution in [-0.4, -0.2) is 6.54 Å². The molecule has 0 spiro atoms. The first-order valence-corrected chi connectivity index (χ1v) is 7.79. The maximum Gasteiger partial charge on any atom is 0.0474 e. The summed E-state index contributed by atoms with van der Waals surface area (Å²) in [7, 11) is 0. The lowest BCUT2D eigenvalue weighted by Gasteiger charge is -2.07. The summed E-state index contributed by atoms with van der Waals surface area (Å²) in [6, 6.07) is 8.36. The van der Waals surface area contributed by atoms with Crippen molar-refractivity contribution in [3.8, 4) is 0 Å². The van der Waals surface area contributed by atoms with Crippen LogP contribution in [0.3, 0.4) is 0 Å². The summed E-state index contributed by atoms with van der Waals surface area (Å²) in [5.74, 6) is 0.590. The minimum Gasteiger partial charge on any atom is -0.385 e. The molecule has 18 heavy (non-hydrogen) atoms. The summed E-state index contributed by atoms with van der Waals surface area (Å²) in [5, 5.41) is 3.46. The minimum absolute atomic E-state index is 0.590. The lowest BCUT2D eigenvalue weighted by molar-refractivity contribution is 0.596. The van der Waals surface area contributed by atoms with Crippen LogP contribution in [0.5, 0.6) is 0 Å². The SMILES string of the molecule is CCCCCCCCCNc1cccc(CCl)c1. The van der Waals surface area contributed by atoms with Crippen molar-refractivity contribution in [1.29, 1.82) is 0 Å². The predicted octanol–water partition coefficient (Wildman–Crippen LogP) is 5.59. The monoisotopic (exact) mass is 267 g/mol. The Morgan fingerprint density at radius 3 is 2.44 bits per heavy atom. The normalized spacial score (nSPS) is 10.6. The van der Waals surface area contributed by atoms with Crippen molar-refractivity contribution in [2.75, 3.05) is 11.9 Å². The Balaban J connectivity index is 2.03. The molecule has 1 N–H and O–H groups in total. The highest BCUT2D eigenvalue weighted by Crippen LogP contribution is 2.13. The van der Waals surface area contributed by atoms with E-state index in [1.807, 2.05) is 0 Å². The quantitative estimate of drug-likeness (QED) is 0.430. The van der Waals surface area contributed by atoms with E-state index in [1.165, 1.54) is 56.2 Å². The van der Waals surface area contributed by atoms with Crippen molar-refractivity contribution in [3.63, 3.8) is 0 Å². The van der Waals surface area contributed by atoms with Crippen LogP contribution in [0.1, 0.15) is 57.4 Å². The van der Waals surface area contributed by atoms with Crippen LogP contribution < -0.4 is 5.32 Å². The zero-order valence-electron chi connectivity index (χ0n) is 11.6. The first-order chi connectivity index (χ1) is 8.86. The molecule has 102 valence electrons. The Morgan fingerprint density at radius 1 is 1.00 bits per heavy atom. The maximum atomic E-state index is 5.82. The van der Waals surface area contributed by atoms with Gasteiger partial charge in [0.05, 0.1) is 0 Å². The first kappa shape index (κ1) is 15.4. The van der Waals surface area contributed by atoms with E-state index in [-0.39, 0.29) is 0 Å². The van der Waals surface area contributed by atoms with Gasteiger partial charge < -0.3 is 5.32 Å². The van der Waals surface area contributed by atoms with Crippen LogP contribution in [0.25, 0.3) is 0 Å². The van der Waals surface area contributed by atoms with E-state index in [4.69, 9.17) is 11.6 Å². The summed E-state index contributed by atoms with van der Waals surface area (Å²) in [4.78, 5) is 0. The van der Waals surface area contributed by atoms with Gasteiger partial charge in [-0.1, -0.05) is 57.6 Å². The molecule has 0 fully saturated rings. The fourth-order valence-electron chi connectivity index (χ4n) is 2.08. The summed E-state index contributed by atoms with van der Waals surface area (Å²) in [6.45, 7) is 3.33. The molecule has 2 heteroatoms. The van der Waals surface area contributed by atoms with Gasteiger partial charge in [0.2, 0.25) is 0 Å². The van der Waals surface area contributed by atoms with E-state index in [1.54, 1.807) is 0 Å². The van der Waals surface area contributed by atoms with Crippen LogP contribution in [-0.2, 0) is 5.88 Å². The lowest BCUT2D eigenvalue weighted by atomic mass is 10.1. The number of hydrogen-bond donors (Lipinski definition) is 1. The number of benzene rings is 1. The number of rotatable bonds is 10. The van der Waals surface area contributed by atoms with Gasteiger partial charge in [-0.25, -0.2) is 0 Å². The van der Waals surface area contributed by atoms with Gasteiger partial charge in [0.1, 0.15) is 0 Å². The topological polar surface area (TPSA) is 12.0 Å². The molecule has 0 saturated carbocycles. The Bertz CT molecular complexity index is 312.